The number of benzene rings is 1. The van der Waals surface area contributed by atoms with Gasteiger partial charge in [0.15, 0.2) is 0 Å². The molecule has 0 bridgehead atoms. The van der Waals surface area contributed by atoms with Crippen LogP contribution in [0, 0.1) is 0 Å². The van der Waals surface area contributed by atoms with Gasteiger partial charge in [-0.1, -0.05) is 36.2 Å². The molecule has 1 amide bonds. The zero-order chi connectivity index (χ0) is 15.7. The highest BCUT2D eigenvalue weighted by Gasteiger charge is 2.18. The van der Waals surface area contributed by atoms with E-state index in [9.17, 15) is 4.79 Å². The zero-order valence-corrected chi connectivity index (χ0v) is 13.3. The number of halogens is 2. The maximum Gasteiger partial charge on any atom is 0.274 e. The molecule has 4 nitrogen and oxygen atoms in total. The van der Waals surface area contributed by atoms with E-state index in [0.29, 0.717) is 33.5 Å². The van der Waals surface area contributed by atoms with Gasteiger partial charge in [0, 0.05) is 28.0 Å². The lowest BCUT2D eigenvalue weighted by atomic mass is 10.2. The van der Waals surface area contributed by atoms with Gasteiger partial charge in [-0.05, 0) is 30.7 Å². The Kier molecular flexibility index (Phi) is 4.05. The number of fused-ring (bicyclic) bond motifs is 1. The smallest absolute Gasteiger partial charge is 0.274 e. The Hall–Kier alpha value is -2.04. The largest absolute Gasteiger partial charge is 0.321 e. The summed E-state index contributed by atoms with van der Waals surface area (Å²) in [6.45, 7) is 1.96. The van der Waals surface area contributed by atoms with Crippen LogP contribution in [0.4, 0.5) is 5.69 Å². The molecule has 0 spiro atoms. The van der Waals surface area contributed by atoms with E-state index in [4.69, 9.17) is 23.2 Å². The summed E-state index contributed by atoms with van der Waals surface area (Å²) >= 11 is 11.9. The quantitative estimate of drug-likeness (QED) is 0.769. The Bertz CT molecular complexity index is 858. The summed E-state index contributed by atoms with van der Waals surface area (Å²) in [4.78, 5) is 17.1. The number of rotatable bonds is 3. The van der Waals surface area contributed by atoms with E-state index in [-0.39, 0.29) is 5.91 Å². The molecule has 2 heterocycles. The minimum Gasteiger partial charge on any atom is -0.321 e. The number of aromatic nitrogens is 2. The van der Waals surface area contributed by atoms with Crippen molar-refractivity contribution in [3.63, 3.8) is 0 Å². The third-order valence-corrected chi connectivity index (χ3v) is 3.76. The standard InChI is InChI=1S/C16H13Cl2N3O/c1-2-13-15(21-7-6-11(18)9-14(21)20-13)16(22)19-12-5-3-4-10(17)8-12/h3-9H,2H2,1H3,(H,19,22). The van der Waals surface area contributed by atoms with Gasteiger partial charge in [-0.2, -0.15) is 0 Å². The molecule has 1 aromatic carbocycles. The fourth-order valence-electron chi connectivity index (χ4n) is 2.31. The second-order valence-electron chi connectivity index (χ2n) is 4.80. The van der Waals surface area contributed by atoms with Crippen molar-refractivity contribution in [1.82, 2.24) is 9.38 Å². The lowest BCUT2D eigenvalue weighted by molar-refractivity contribution is 0.102. The number of pyridine rings is 1. The first-order valence-electron chi connectivity index (χ1n) is 6.82. The van der Waals surface area contributed by atoms with Crippen molar-refractivity contribution in [3.05, 3.63) is 64.0 Å². The van der Waals surface area contributed by atoms with E-state index < -0.39 is 0 Å². The van der Waals surface area contributed by atoms with E-state index in [1.807, 2.05) is 6.92 Å². The van der Waals surface area contributed by atoms with Crippen LogP contribution in [0.15, 0.2) is 42.6 Å². The number of aryl methyl sites for hydroxylation is 1. The predicted molar refractivity (Wildman–Crippen MR) is 89.0 cm³/mol. The Balaban J connectivity index is 2.03. The molecular formula is C16H13Cl2N3O. The van der Waals surface area contributed by atoms with Gasteiger partial charge >= 0.3 is 0 Å². The van der Waals surface area contributed by atoms with Gasteiger partial charge in [0.1, 0.15) is 11.3 Å². The van der Waals surface area contributed by atoms with Crippen LogP contribution >= 0.6 is 23.2 Å². The van der Waals surface area contributed by atoms with Crippen LogP contribution in [0.25, 0.3) is 5.65 Å². The number of carbonyl (C=O) groups is 1. The molecule has 0 fully saturated rings. The summed E-state index contributed by atoms with van der Waals surface area (Å²) in [6.07, 6.45) is 2.40. The van der Waals surface area contributed by atoms with Crippen molar-refractivity contribution < 1.29 is 4.79 Å². The fraction of sp³-hybridized carbons (Fsp3) is 0.125. The first-order chi connectivity index (χ1) is 10.6. The third kappa shape index (κ3) is 2.80. The number of imidazole rings is 1. The highest BCUT2D eigenvalue weighted by atomic mass is 35.5. The molecule has 0 aliphatic rings. The molecule has 0 aliphatic carbocycles. The molecule has 2 aromatic heterocycles. The van der Waals surface area contributed by atoms with Crippen LogP contribution in [0.2, 0.25) is 10.0 Å². The molecule has 22 heavy (non-hydrogen) atoms. The summed E-state index contributed by atoms with van der Waals surface area (Å²) in [5.74, 6) is -0.228. The van der Waals surface area contributed by atoms with Gasteiger partial charge in [0.2, 0.25) is 0 Å². The SMILES string of the molecule is CCc1nc2cc(Cl)ccn2c1C(=O)Nc1cccc(Cl)c1. The van der Waals surface area contributed by atoms with Gasteiger partial charge < -0.3 is 5.32 Å². The lowest BCUT2D eigenvalue weighted by Crippen LogP contribution is -2.16. The third-order valence-electron chi connectivity index (χ3n) is 3.29. The number of amides is 1. The topological polar surface area (TPSA) is 46.4 Å². The lowest BCUT2D eigenvalue weighted by Gasteiger charge is -2.07. The van der Waals surface area contributed by atoms with E-state index in [1.165, 1.54) is 0 Å². The molecule has 0 aliphatic heterocycles. The Morgan fingerprint density at radius 2 is 2.00 bits per heavy atom. The molecule has 6 heteroatoms. The summed E-state index contributed by atoms with van der Waals surface area (Å²) in [5, 5.41) is 4.00. The van der Waals surface area contributed by atoms with Crippen LogP contribution in [0.1, 0.15) is 23.1 Å². The van der Waals surface area contributed by atoms with Gasteiger partial charge in [-0.3, -0.25) is 9.20 Å². The van der Waals surface area contributed by atoms with Crippen LogP contribution in [-0.4, -0.2) is 15.3 Å². The van der Waals surface area contributed by atoms with Crippen molar-refractivity contribution in [2.75, 3.05) is 5.32 Å². The summed E-state index contributed by atoms with van der Waals surface area (Å²) in [7, 11) is 0. The monoisotopic (exact) mass is 333 g/mol. The van der Waals surface area contributed by atoms with E-state index in [1.54, 1.807) is 47.0 Å². The number of hydrogen-bond acceptors (Lipinski definition) is 2. The molecule has 1 N–H and O–H groups in total. The normalized spacial score (nSPS) is 10.9. The van der Waals surface area contributed by atoms with Crippen LogP contribution in [0.5, 0.6) is 0 Å². The summed E-state index contributed by atoms with van der Waals surface area (Å²) < 4.78 is 1.74. The van der Waals surface area contributed by atoms with Crippen molar-refractivity contribution in [3.8, 4) is 0 Å². The van der Waals surface area contributed by atoms with E-state index in [0.717, 1.165) is 5.69 Å². The zero-order valence-electron chi connectivity index (χ0n) is 11.8. The average molecular weight is 334 g/mol. The fourth-order valence-corrected chi connectivity index (χ4v) is 2.66. The minimum absolute atomic E-state index is 0.228. The summed E-state index contributed by atoms with van der Waals surface area (Å²) in [5.41, 5.74) is 2.53. The maximum atomic E-state index is 12.6. The Morgan fingerprint density at radius 3 is 2.73 bits per heavy atom. The molecule has 3 rings (SSSR count). The van der Waals surface area contributed by atoms with Crippen molar-refractivity contribution in [2.24, 2.45) is 0 Å². The molecule has 112 valence electrons. The van der Waals surface area contributed by atoms with Crippen LogP contribution in [0.3, 0.4) is 0 Å². The molecule has 0 unspecified atom stereocenters. The first-order valence-corrected chi connectivity index (χ1v) is 7.57. The average Bonchev–Trinajstić information content (AvgIpc) is 2.84. The molecular weight excluding hydrogens is 321 g/mol. The van der Waals surface area contributed by atoms with Gasteiger partial charge in [-0.15, -0.1) is 0 Å². The minimum atomic E-state index is -0.228. The number of nitrogens with one attached hydrogen (secondary N) is 1. The number of carbonyl (C=O) groups excluding carboxylic acids is 1. The van der Waals surface area contributed by atoms with Crippen LogP contribution in [-0.2, 0) is 6.42 Å². The second kappa shape index (κ2) is 5.99. The van der Waals surface area contributed by atoms with Crippen molar-refractivity contribution in [1.29, 1.82) is 0 Å². The van der Waals surface area contributed by atoms with Gasteiger partial charge in [-0.25, -0.2) is 4.98 Å². The highest BCUT2D eigenvalue weighted by Crippen LogP contribution is 2.20. The van der Waals surface area contributed by atoms with E-state index in [2.05, 4.69) is 10.3 Å². The number of anilines is 1. The molecule has 3 aromatic rings. The number of nitrogens with zero attached hydrogens (tertiary/aromatic N) is 2. The first kappa shape index (κ1) is 14.9. The van der Waals surface area contributed by atoms with Crippen LogP contribution < -0.4 is 5.32 Å². The van der Waals surface area contributed by atoms with Crippen molar-refractivity contribution >= 4 is 40.4 Å². The molecule has 0 saturated carbocycles. The van der Waals surface area contributed by atoms with E-state index >= 15 is 0 Å². The van der Waals surface area contributed by atoms with Gasteiger partial charge in [0.05, 0.1) is 5.69 Å². The second-order valence-corrected chi connectivity index (χ2v) is 5.67. The van der Waals surface area contributed by atoms with Gasteiger partial charge in [0.25, 0.3) is 5.91 Å². The molecule has 0 saturated heterocycles. The molecule has 0 atom stereocenters. The Labute approximate surface area is 137 Å². The number of hydrogen-bond donors (Lipinski definition) is 1. The molecule has 0 radical (unpaired) electrons. The van der Waals surface area contributed by atoms with Crippen molar-refractivity contribution in [2.45, 2.75) is 13.3 Å². The summed E-state index contributed by atoms with van der Waals surface area (Å²) in [6, 6.07) is 10.5. The highest BCUT2D eigenvalue weighted by molar-refractivity contribution is 6.31. The predicted octanol–water partition coefficient (Wildman–Crippen LogP) is 4.46. The maximum absolute atomic E-state index is 12.6. The Morgan fingerprint density at radius 1 is 1.23 bits per heavy atom.